The summed E-state index contributed by atoms with van der Waals surface area (Å²) in [5.41, 5.74) is 0. The average molecular weight is 176 g/mol. The van der Waals surface area contributed by atoms with Crippen LogP contribution in [0.15, 0.2) is 0 Å². The molecule has 0 aromatic rings. The van der Waals surface area contributed by atoms with Crippen LogP contribution in [0.5, 0.6) is 0 Å². The molecule has 0 radical (unpaired) electrons. The number of hydrogen-bond acceptors (Lipinski definition) is 1. The lowest BCUT2D eigenvalue weighted by Gasteiger charge is -1.86. The fourth-order valence-electron chi connectivity index (χ4n) is 0.500. The maximum absolute atomic E-state index is 8.06. The van der Waals surface area contributed by atoms with E-state index in [1.807, 2.05) is 13.8 Å². The van der Waals surface area contributed by atoms with Crippen LogP contribution in [0.2, 0.25) is 0 Å². The molecule has 1 N–H and O–H groups in total. The molecule has 0 aliphatic rings. The standard InChI is InChI=1S/C6H14.C3H8O.C2H6/c1-3-5-6-4-2;1-3(2)4;1-2/h3-6H2,1-2H3;3-4H,1-2H3;1-2H3. The van der Waals surface area contributed by atoms with Gasteiger partial charge in [-0.05, 0) is 13.8 Å². The molecule has 0 rings (SSSR count). The highest BCUT2D eigenvalue weighted by Gasteiger charge is 1.75. The summed E-state index contributed by atoms with van der Waals surface area (Å²) in [6.07, 6.45) is 5.37. The van der Waals surface area contributed by atoms with E-state index in [-0.39, 0.29) is 6.10 Å². The fraction of sp³-hybridized carbons (Fsp3) is 1.00. The Morgan fingerprint density at radius 3 is 1.17 bits per heavy atom. The first-order valence-corrected chi connectivity index (χ1v) is 5.33. The van der Waals surface area contributed by atoms with Crippen LogP contribution in [-0.2, 0) is 0 Å². The van der Waals surface area contributed by atoms with E-state index in [0.29, 0.717) is 0 Å². The third kappa shape index (κ3) is 91.3. The van der Waals surface area contributed by atoms with E-state index >= 15 is 0 Å². The molecule has 0 spiro atoms. The van der Waals surface area contributed by atoms with E-state index in [9.17, 15) is 0 Å². The van der Waals surface area contributed by atoms with Gasteiger partial charge in [-0.2, -0.15) is 0 Å². The summed E-state index contributed by atoms with van der Waals surface area (Å²) in [7, 11) is 0. The molecule has 0 saturated heterocycles. The van der Waals surface area contributed by atoms with Crippen molar-refractivity contribution in [3.63, 3.8) is 0 Å². The van der Waals surface area contributed by atoms with E-state index in [1.54, 1.807) is 13.8 Å². The molecule has 1 heteroatoms. The Bertz CT molecular complexity index is 35.5. The zero-order valence-corrected chi connectivity index (χ0v) is 9.85. The van der Waals surface area contributed by atoms with Gasteiger partial charge < -0.3 is 5.11 Å². The van der Waals surface area contributed by atoms with E-state index in [4.69, 9.17) is 5.11 Å². The van der Waals surface area contributed by atoms with Gasteiger partial charge in [0.15, 0.2) is 0 Å². The van der Waals surface area contributed by atoms with Crippen LogP contribution in [0.3, 0.4) is 0 Å². The molecule has 0 aliphatic heterocycles. The van der Waals surface area contributed by atoms with Gasteiger partial charge in [0.1, 0.15) is 0 Å². The number of aliphatic hydroxyl groups is 1. The van der Waals surface area contributed by atoms with Crippen molar-refractivity contribution in [3.05, 3.63) is 0 Å². The molecule has 0 heterocycles. The topological polar surface area (TPSA) is 20.2 Å². The van der Waals surface area contributed by atoms with Crippen molar-refractivity contribution in [3.8, 4) is 0 Å². The van der Waals surface area contributed by atoms with Crippen LogP contribution in [0.1, 0.15) is 67.2 Å². The highest BCUT2D eigenvalue weighted by atomic mass is 16.3. The molecular formula is C11H28O. The monoisotopic (exact) mass is 176 g/mol. The number of rotatable bonds is 3. The average Bonchev–Trinajstić information content (AvgIpc) is 2.04. The Labute approximate surface area is 79.2 Å². The lowest BCUT2D eigenvalue weighted by molar-refractivity contribution is 0.216. The van der Waals surface area contributed by atoms with E-state index in [1.165, 1.54) is 25.7 Å². The van der Waals surface area contributed by atoms with Crippen molar-refractivity contribution >= 4 is 0 Å². The van der Waals surface area contributed by atoms with Gasteiger partial charge in [-0.1, -0.05) is 53.4 Å². The van der Waals surface area contributed by atoms with E-state index in [0.717, 1.165) is 0 Å². The van der Waals surface area contributed by atoms with Crippen LogP contribution in [0.25, 0.3) is 0 Å². The quantitative estimate of drug-likeness (QED) is 0.644. The molecule has 0 aromatic carbocycles. The molecule has 0 aromatic heterocycles. The zero-order valence-electron chi connectivity index (χ0n) is 9.85. The van der Waals surface area contributed by atoms with Crippen LogP contribution >= 0.6 is 0 Å². The molecule has 0 atom stereocenters. The summed E-state index contributed by atoms with van der Waals surface area (Å²) < 4.78 is 0. The number of unbranched alkanes of at least 4 members (excludes halogenated alkanes) is 3. The second kappa shape index (κ2) is 22.4. The van der Waals surface area contributed by atoms with Crippen LogP contribution < -0.4 is 0 Å². The third-order valence-corrected chi connectivity index (χ3v) is 0.957. The Kier molecular flexibility index (Phi) is 33.5. The maximum Gasteiger partial charge on any atom is 0.0483 e. The van der Waals surface area contributed by atoms with Gasteiger partial charge in [-0.3, -0.25) is 0 Å². The fourth-order valence-corrected chi connectivity index (χ4v) is 0.500. The summed E-state index contributed by atoms with van der Waals surface area (Å²) in [5, 5.41) is 8.06. The molecule has 0 aliphatic carbocycles. The molecular weight excluding hydrogens is 148 g/mol. The lowest BCUT2D eigenvalue weighted by Crippen LogP contribution is -1.85. The SMILES string of the molecule is CC.CC(C)O.CCCCCC. The molecule has 0 fully saturated rings. The van der Waals surface area contributed by atoms with Gasteiger partial charge >= 0.3 is 0 Å². The first-order valence-electron chi connectivity index (χ1n) is 5.33. The van der Waals surface area contributed by atoms with Gasteiger partial charge in [0, 0.05) is 6.10 Å². The minimum Gasteiger partial charge on any atom is -0.394 e. The first-order chi connectivity index (χ1) is 5.65. The minimum atomic E-state index is -0.167. The lowest BCUT2D eigenvalue weighted by atomic mass is 10.2. The molecule has 0 amide bonds. The molecule has 78 valence electrons. The Morgan fingerprint density at radius 1 is 0.917 bits per heavy atom. The molecule has 0 bridgehead atoms. The van der Waals surface area contributed by atoms with Gasteiger partial charge in [0.25, 0.3) is 0 Å². The molecule has 0 unspecified atom stereocenters. The minimum absolute atomic E-state index is 0.167. The molecule has 12 heavy (non-hydrogen) atoms. The zero-order chi connectivity index (χ0) is 10.4. The number of aliphatic hydroxyl groups excluding tert-OH is 1. The van der Waals surface area contributed by atoms with Gasteiger partial charge in [0.05, 0.1) is 0 Å². The highest BCUT2D eigenvalue weighted by molar-refractivity contribution is 4.31. The van der Waals surface area contributed by atoms with Gasteiger partial charge in [-0.25, -0.2) is 0 Å². The summed E-state index contributed by atoms with van der Waals surface area (Å²) in [4.78, 5) is 0. The molecule has 1 nitrogen and oxygen atoms in total. The third-order valence-electron chi connectivity index (χ3n) is 0.957. The predicted octanol–water partition coefficient (Wildman–Crippen LogP) is 4.00. The maximum atomic E-state index is 8.06. The van der Waals surface area contributed by atoms with Crippen molar-refractivity contribution in [2.75, 3.05) is 0 Å². The van der Waals surface area contributed by atoms with E-state index < -0.39 is 0 Å². The van der Waals surface area contributed by atoms with Crippen LogP contribution in [-0.4, -0.2) is 11.2 Å². The predicted molar refractivity (Wildman–Crippen MR) is 58.5 cm³/mol. The second-order valence-corrected chi connectivity index (χ2v) is 2.80. The van der Waals surface area contributed by atoms with E-state index in [2.05, 4.69) is 13.8 Å². The first kappa shape index (κ1) is 17.9. The Balaban J connectivity index is -0.000000118. The summed E-state index contributed by atoms with van der Waals surface area (Å²) in [5.74, 6) is 0. The Hall–Kier alpha value is -0.0400. The highest BCUT2D eigenvalue weighted by Crippen LogP contribution is 1.95. The van der Waals surface area contributed by atoms with Crippen molar-refractivity contribution in [1.82, 2.24) is 0 Å². The number of hydrogen-bond donors (Lipinski definition) is 1. The summed E-state index contributed by atoms with van der Waals surface area (Å²) in [6.45, 7) is 11.9. The molecule has 0 saturated carbocycles. The van der Waals surface area contributed by atoms with Crippen molar-refractivity contribution in [2.24, 2.45) is 0 Å². The smallest absolute Gasteiger partial charge is 0.0483 e. The second-order valence-electron chi connectivity index (χ2n) is 2.80. The van der Waals surface area contributed by atoms with Gasteiger partial charge in [0.2, 0.25) is 0 Å². The summed E-state index contributed by atoms with van der Waals surface area (Å²) >= 11 is 0. The van der Waals surface area contributed by atoms with Crippen LogP contribution in [0, 0.1) is 0 Å². The van der Waals surface area contributed by atoms with Crippen molar-refractivity contribution < 1.29 is 5.11 Å². The largest absolute Gasteiger partial charge is 0.394 e. The van der Waals surface area contributed by atoms with Crippen molar-refractivity contribution in [1.29, 1.82) is 0 Å². The van der Waals surface area contributed by atoms with Crippen molar-refractivity contribution in [2.45, 2.75) is 73.3 Å². The normalized spacial score (nSPS) is 8.00. The van der Waals surface area contributed by atoms with Crippen LogP contribution in [0.4, 0.5) is 0 Å². The Morgan fingerprint density at radius 2 is 1.08 bits per heavy atom. The summed E-state index contributed by atoms with van der Waals surface area (Å²) in [6, 6.07) is 0. The van der Waals surface area contributed by atoms with Gasteiger partial charge in [-0.15, -0.1) is 0 Å².